The fourth-order valence-corrected chi connectivity index (χ4v) is 4.02. The molecule has 150 valence electrons. The average molecular weight is 432 g/mol. The molecule has 1 aliphatic heterocycles. The summed E-state index contributed by atoms with van der Waals surface area (Å²) >= 11 is 6.51. The summed E-state index contributed by atoms with van der Waals surface area (Å²) in [5.74, 6) is -1.18. The highest BCUT2D eigenvalue weighted by Crippen LogP contribution is 2.35. The van der Waals surface area contributed by atoms with Gasteiger partial charge < -0.3 is 9.47 Å². The number of nitrogens with zero attached hydrogens (tertiary/aromatic N) is 1. The van der Waals surface area contributed by atoms with Crippen molar-refractivity contribution in [3.8, 4) is 11.5 Å². The second-order valence-corrected chi connectivity index (χ2v) is 7.79. The molecule has 1 amide bonds. The maximum atomic E-state index is 13.8. The zero-order chi connectivity index (χ0) is 21.0. The van der Waals surface area contributed by atoms with Gasteiger partial charge in [0.2, 0.25) is 0 Å². The van der Waals surface area contributed by atoms with Gasteiger partial charge in [0.1, 0.15) is 10.1 Å². The first-order valence-corrected chi connectivity index (χ1v) is 10.1. The Balaban J connectivity index is 1.82. The molecule has 8 heteroatoms. The van der Waals surface area contributed by atoms with Crippen molar-refractivity contribution in [2.45, 2.75) is 13.3 Å². The van der Waals surface area contributed by atoms with Gasteiger partial charge in [0, 0.05) is 6.54 Å². The highest BCUT2D eigenvalue weighted by molar-refractivity contribution is 8.26. The molecule has 0 atom stereocenters. The third-order valence-corrected chi connectivity index (χ3v) is 5.48. The van der Waals surface area contributed by atoms with E-state index in [1.54, 1.807) is 29.2 Å². The minimum absolute atomic E-state index is 0.129. The van der Waals surface area contributed by atoms with Crippen LogP contribution in [0.25, 0.3) is 6.08 Å². The third kappa shape index (κ3) is 4.65. The molecule has 0 spiro atoms. The fourth-order valence-electron chi connectivity index (χ4n) is 2.71. The maximum absolute atomic E-state index is 13.8. The monoisotopic (exact) mass is 431 g/mol. The van der Waals surface area contributed by atoms with Crippen LogP contribution in [0.15, 0.2) is 47.4 Å². The summed E-state index contributed by atoms with van der Waals surface area (Å²) in [5, 5.41) is 0. The molecule has 1 heterocycles. The number of thioether (sulfide) groups is 1. The van der Waals surface area contributed by atoms with E-state index in [4.69, 9.17) is 21.7 Å². The molecule has 0 saturated carbocycles. The minimum Gasteiger partial charge on any atom is -0.493 e. The topological polar surface area (TPSA) is 55.8 Å². The van der Waals surface area contributed by atoms with Gasteiger partial charge in [-0.25, -0.2) is 9.18 Å². The molecule has 0 N–H and O–H groups in total. The van der Waals surface area contributed by atoms with Gasteiger partial charge in [0.15, 0.2) is 11.5 Å². The van der Waals surface area contributed by atoms with E-state index in [0.29, 0.717) is 21.3 Å². The number of ether oxygens (including phenoxy) is 2. The Morgan fingerprint density at radius 2 is 2.00 bits per heavy atom. The van der Waals surface area contributed by atoms with E-state index in [-0.39, 0.29) is 23.0 Å². The van der Waals surface area contributed by atoms with Gasteiger partial charge in [-0.1, -0.05) is 49.1 Å². The predicted molar refractivity (Wildman–Crippen MR) is 115 cm³/mol. The van der Waals surface area contributed by atoms with Crippen molar-refractivity contribution in [3.05, 3.63) is 64.3 Å². The van der Waals surface area contributed by atoms with Crippen molar-refractivity contribution in [1.29, 1.82) is 0 Å². The lowest BCUT2D eigenvalue weighted by Gasteiger charge is -2.12. The van der Waals surface area contributed by atoms with Crippen molar-refractivity contribution in [3.63, 3.8) is 0 Å². The zero-order valence-corrected chi connectivity index (χ0v) is 17.4. The molecule has 3 rings (SSSR count). The van der Waals surface area contributed by atoms with Crippen molar-refractivity contribution in [1.82, 2.24) is 4.90 Å². The first kappa shape index (κ1) is 21.0. The van der Waals surface area contributed by atoms with E-state index in [0.717, 1.165) is 6.42 Å². The van der Waals surface area contributed by atoms with Crippen LogP contribution in [0.1, 0.15) is 29.3 Å². The van der Waals surface area contributed by atoms with Gasteiger partial charge in [0.25, 0.3) is 5.91 Å². The van der Waals surface area contributed by atoms with Crippen molar-refractivity contribution >= 4 is 46.3 Å². The Kier molecular flexibility index (Phi) is 6.66. The molecule has 0 aliphatic carbocycles. The molecule has 0 bridgehead atoms. The number of esters is 1. The minimum atomic E-state index is -0.824. The number of amides is 1. The number of hydrogen-bond donors (Lipinski definition) is 0. The second kappa shape index (κ2) is 9.19. The Labute approximate surface area is 177 Å². The number of rotatable bonds is 6. The summed E-state index contributed by atoms with van der Waals surface area (Å²) < 4.78 is 24.9. The van der Waals surface area contributed by atoms with Crippen LogP contribution in [-0.4, -0.2) is 34.8 Å². The van der Waals surface area contributed by atoms with Crippen LogP contribution in [-0.2, 0) is 4.79 Å². The van der Waals surface area contributed by atoms with Crippen LogP contribution in [0.3, 0.4) is 0 Å². The van der Waals surface area contributed by atoms with Crippen molar-refractivity contribution in [2.75, 3.05) is 13.7 Å². The lowest BCUT2D eigenvalue weighted by Crippen LogP contribution is -2.28. The summed E-state index contributed by atoms with van der Waals surface area (Å²) in [6, 6.07) is 10.4. The first-order valence-electron chi connectivity index (χ1n) is 8.84. The van der Waals surface area contributed by atoms with E-state index in [1.807, 2.05) is 6.92 Å². The van der Waals surface area contributed by atoms with E-state index in [2.05, 4.69) is 0 Å². The number of thiocarbonyl (C=S) groups is 1. The van der Waals surface area contributed by atoms with E-state index >= 15 is 0 Å². The summed E-state index contributed by atoms with van der Waals surface area (Å²) in [5.41, 5.74) is 0.516. The van der Waals surface area contributed by atoms with Gasteiger partial charge in [-0.3, -0.25) is 9.69 Å². The Bertz CT molecular complexity index is 1010. The van der Waals surface area contributed by atoms with Gasteiger partial charge in [0.05, 0.1) is 17.6 Å². The molecule has 1 saturated heterocycles. The van der Waals surface area contributed by atoms with Gasteiger partial charge in [-0.2, -0.15) is 0 Å². The standard InChI is InChI=1S/C21H18FNO4S2/c1-3-10-23-19(24)18(29-21(23)28)12-13-8-9-16(17(11-13)26-2)27-20(25)14-6-4-5-7-15(14)22/h4-9,11-12H,3,10H2,1-2H3/b18-12+. The Hall–Kier alpha value is -2.71. The molecule has 1 fully saturated rings. The highest BCUT2D eigenvalue weighted by atomic mass is 32.2. The summed E-state index contributed by atoms with van der Waals surface area (Å²) in [4.78, 5) is 26.8. The maximum Gasteiger partial charge on any atom is 0.346 e. The number of hydrogen-bond acceptors (Lipinski definition) is 6. The van der Waals surface area contributed by atoms with E-state index < -0.39 is 11.8 Å². The Morgan fingerprint density at radius 1 is 1.24 bits per heavy atom. The van der Waals surface area contributed by atoms with Crippen LogP contribution >= 0.6 is 24.0 Å². The molecule has 0 unspecified atom stereocenters. The molecule has 5 nitrogen and oxygen atoms in total. The van der Waals surface area contributed by atoms with Crippen LogP contribution in [0, 0.1) is 5.82 Å². The molecular weight excluding hydrogens is 413 g/mol. The summed E-state index contributed by atoms with van der Waals surface area (Å²) in [7, 11) is 1.43. The molecule has 2 aromatic carbocycles. The molecule has 0 aromatic heterocycles. The highest BCUT2D eigenvalue weighted by Gasteiger charge is 2.31. The predicted octanol–water partition coefficient (Wildman–Crippen LogP) is 4.66. The number of carbonyl (C=O) groups excluding carboxylic acids is 2. The third-order valence-electron chi connectivity index (χ3n) is 4.10. The van der Waals surface area contributed by atoms with Crippen LogP contribution in [0.5, 0.6) is 11.5 Å². The zero-order valence-electron chi connectivity index (χ0n) is 15.8. The molecule has 0 radical (unpaired) electrons. The summed E-state index contributed by atoms with van der Waals surface area (Å²) in [6.07, 6.45) is 2.52. The van der Waals surface area contributed by atoms with Gasteiger partial charge in [-0.15, -0.1) is 0 Å². The molecule has 29 heavy (non-hydrogen) atoms. The van der Waals surface area contributed by atoms with Crippen molar-refractivity contribution < 1.29 is 23.5 Å². The van der Waals surface area contributed by atoms with Crippen molar-refractivity contribution in [2.24, 2.45) is 0 Å². The largest absolute Gasteiger partial charge is 0.493 e. The second-order valence-electron chi connectivity index (χ2n) is 6.11. The van der Waals surface area contributed by atoms with E-state index in [1.165, 1.54) is 43.1 Å². The Morgan fingerprint density at radius 3 is 2.69 bits per heavy atom. The average Bonchev–Trinajstić information content (AvgIpc) is 2.97. The normalized spacial score (nSPS) is 15.1. The fraction of sp³-hybridized carbons (Fsp3) is 0.190. The van der Waals surface area contributed by atoms with Crippen LogP contribution in [0.4, 0.5) is 4.39 Å². The molecule has 1 aliphatic rings. The summed E-state index contributed by atoms with van der Waals surface area (Å²) in [6.45, 7) is 2.56. The number of carbonyl (C=O) groups is 2. The lowest BCUT2D eigenvalue weighted by atomic mass is 10.1. The van der Waals surface area contributed by atoms with Crippen LogP contribution < -0.4 is 9.47 Å². The number of methoxy groups -OCH3 is 1. The number of benzene rings is 2. The molecular formula is C21H18FNO4S2. The first-order chi connectivity index (χ1) is 13.9. The molecule has 2 aromatic rings. The number of halogens is 1. The SMILES string of the molecule is CCCN1C(=O)/C(=C\c2ccc(OC(=O)c3ccccc3F)c(OC)c2)SC1=S. The van der Waals surface area contributed by atoms with Gasteiger partial charge >= 0.3 is 5.97 Å². The van der Waals surface area contributed by atoms with Gasteiger partial charge in [-0.05, 0) is 42.3 Å². The van der Waals surface area contributed by atoms with E-state index in [9.17, 15) is 14.0 Å². The van der Waals surface area contributed by atoms with Crippen LogP contribution in [0.2, 0.25) is 0 Å². The quantitative estimate of drug-likeness (QED) is 0.287. The lowest BCUT2D eigenvalue weighted by molar-refractivity contribution is -0.122. The smallest absolute Gasteiger partial charge is 0.346 e.